The number of nitrogens with one attached hydrogen (secondary N) is 1. The van der Waals surface area contributed by atoms with Crippen LogP contribution in [0.5, 0.6) is 11.5 Å². The second kappa shape index (κ2) is 11.4. The van der Waals surface area contributed by atoms with Gasteiger partial charge in [-0.25, -0.2) is 14.6 Å². The third-order valence-corrected chi connectivity index (χ3v) is 4.93. The van der Waals surface area contributed by atoms with E-state index in [0.29, 0.717) is 27.8 Å². The summed E-state index contributed by atoms with van der Waals surface area (Å²) in [5.74, 6) is -1.32. The molecule has 0 saturated carbocycles. The number of benzene rings is 3. The summed E-state index contributed by atoms with van der Waals surface area (Å²) in [5, 5.41) is 4.68. The minimum atomic E-state index is -0.805. The number of hydrogen-bond donors (Lipinski definition) is 1. The summed E-state index contributed by atoms with van der Waals surface area (Å²) < 4.78 is 24.5. The maximum absolute atomic E-state index is 13.7. The molecular weight excluding hydrogens is 470 g/mol. The van der Waals surface area contributed by atoms with Crippen LogP contribution in [0.3, 0.4) is 0 Å². The molecule has 0 aliphatic heterocycles. The van der Waals surface area contributed by atoms with Crippen molar-refractivity contribution in [3.63, 3.8) is 0 Å². The first-order valence-corrected chi connectivity index (χ1v) is 10.6. The molecule has 3 aromatic rings. The SMILES string of the molecule is CC[C@@H](Oc1ccc(Cl)cc1Cl)C(=O)N/N=C\c1ccc(OC(=O)c2ccccc2F)cc1. The molecule has 0 unspecified atom stereocenters. The average Bonchev–Trinajstić information content (AvgIpc) is 2.80. The zero-order chi connectivity index (χ0) is 23.8. The van der Waals surface area contributed by atoms with E-state index in [2.05, 4.69) is 10.5 Å². The van der Waals surface area contributed by atoms with E-state index in [9.17, 15) is 14.0 Å². The lowest BCUT2D eigenvalue weighted by Crippen LogP contribution is -2.35. The Morgan fingerprint density at radius 3 is 2.48 bits per heavy atom. The Kier molecular flexibility index (Phi) is 8.40. The van der Waals surface area contributed by atoms with Gasteiger partial charge in [0.05, 0.1) is 16.8 Å². The van der Waals surface area contributed by atoms with Crippen LogP contribution in [0.4, 0.5) is 4.39 Å². The van der Waals surface area contributed by atoms with Crippen LogP contribution >= 0.6 is 23.2 Å². The maximum Gasteiger partial charge on any atom is 0.346 e. The van der Waals surface area contributed by atoms with E-state index < -0.39 is 23.8 Å². The van der Waals surface area contributed by atoms with Crippen LogP contribution in [0.25, 0.3) is 0 Å². The van der Waals surface area contributed by atoms with Crippen LogP contribution in [-0.4, -0.2) is 24.2 Å². The van der Waals surface area contributed by atoms with Crippen LogP contribution in [-0.2, 0) is 4.79 Å². The van der Waals surface area contributed by atoms with Gasteiger partial charge in [0.15, 0.2) is 6.10 Å². The topological polar surface area (TPSA) is 77.0 Å². The summed E-state index contributed by atoms with van der Waals surface area (Å²) in [6.45, 7) is 1.79. The molecule has 0 aromatic heterocycles. The smallest absolute Gasteiger partial charge is 0.346 e. The van der Waals surface area contributed by atoms with Crippen molar-refractivity contribution >= 4 is 41.3 Å². The van der Waals surface area contributed by atoms with E-state index >= 15 is 0 Å². The van der Waals surface area contributed by atoms with Crippen molar-refractivity contribution in [3.8, 4) is 11.5 Å². The fourth-order valence-electron chi connectivity index (χ4n) is 2.70. The highest BCUT2D eigenvalue weighted by Crippen LogP contribution is 2.28. The molecule has 6 nitrogen and oxygen atoms in total. The number of rotatable bonds is 8. The van der Waals surface area contributed by atoms with Gasteiger partial charge in [-0.1, -0.05) is 42.3 Å². The van der Waals surface area contributed by atoms with E-state index in [1.807, 2.05) is 0 Å². The molecule has 170 valence electrons. The zero-order valence-corrected chi connectivity index (χ0v) is 18.9. The number of ether oxygens (including phenoxy) is 2. The average molecular weight is 489 g/mol. The molecule has 0 saturated heterocycles. The summed E-state index contributed by atoms with van der Waals surface area (Å²) in [7, 11) is 0. The number of hydrogen-bond acceptors (Lipinski definition) is 5. The van der Waals surface area contributed by atoms with E-state index in [0.717, 1.165) is 0 Å². The summed E-state index contributed by atoms with van der Waals surface area (Å²) in [5.41, 5.74) is 2.90. The number of amides is 1. The van der Waals surface area contributed by atoms with Gasteiger partial charge < -0.3 is 9.47 Å². The lowest BCUT2D eigenvalue weighted by molar-refractivity contribution is -0.128. The number of carbonyl (C=O) groups is 2. The van der Waals surface area contributed by atoms with Gasteiger partial charge in [0.2, 0.25) is 0 Å². The first kappa shape index (κ1) is 24.2. The molecule has 3 aromatic carbocycles. The number of halogens is 3. The summed E-state index contributed by atoms with van der Waals surface area (Å²) in [4.78, 5) is 24.4. The third kappa shape index (κ3) is 6.78. The Labute approximate surface area is 199 Å². The van der Waals surface area contributed by atoms with Crippen LogP contribution in [0.2, 0.25) is 10.0 Å². The number of hydrazone groups is 1. The molecule has 1 amide bonds. The minimum Gasteiger partial charge on any atom is -0.479 e. The second-order valence-electron chi connectivity index (χ2n) is 6.76. The number of nitrogens with zero attached hydrogens (tertiary/aromatic N) is 1. The van der Waals surface area contributed by atoms with Crippen LogP contribution in [0.1, 0.15) is 29.3 Å². The fourth-order valence-corrected chi connectivity index (χ4v) is 3.15. The minimum absolute atomic E-state index is 0.154. The molecule has 0 fully saturated rings. The van der Waals surface area contributed by atoms with Gasteiger partial charge in [0.1, 0.15) is 17.3 Å². The highest BCUT2D eigenvalue weighted by Gasteiger charge is 2.19. The van der Waals surface area contributed by atoms with Gasteiger partial charge in [-0.15, -0.1) is 0 Å². The fraction of sp³-hybridized carbons (Fsp3) is 0.125. The Hall–Kier alpha value is -3.42. The number of esters is 1. The van der Waals surface area contributed by atoms with Crippen molar-refractivity contribution in [2.24, 2.45) is 5.10 Å². The molecule has 0 radical (unpaired) electrons. The quantitative estimate of drug-likeness (QED) is 0.192. The Balaban J connectivity index is 1.55. The molecule has 33 heavy (non-hydrogen) atoms. The van der Waals surface area contributed by atoms with E-state index in [1.54, 1.807) is 37.3 Å². The van der Waals surface area contributed by atoms with Gasteiger partial charge in [-0.05, 0) is 66.6 Å². The van der Waals surface area contributed by atoms with Crippen LogP contribution in [0.15, 0.2) is 71.8 Å². The Bertz CT molecular complexity index is 1170. The van der Waals surface area contributed by atoms with E-state index in [4.69, 9.17) is 32.7 Å². The van der Waals surface area contributed by atoms with Gasteiger partial charge in [0, 0.05) is 5.02 Å². The standard InChI is InChI=1S/C24H19Cl2FN2O4/c1-2-21(33-22-12-9-16(25)13-19(22)26)23(30)29-28-14-15-7-10-17(11-8-15)32-24(31)18-5-3-4-6-20(18)27/h3-14,21H,2H2,1H3,(H,29,30)/b28-14-/t21-/m1/s1. The highest BCUT2D eigenvalue weighted by atomic mass is 35.5. The largest absolute Gasteiger partial charge is 0.479 e. The molecule has 0 aliphatic carbocycles. The lowest BCUT2D eigenvalue weighted by atomic mass is 10.2. The first-order valence-electron chi connectivity index (χ1n) is 9.88. The lowest BCUT2D eigenvalue weighted by Gasteiger charge is -2.16. The second-order valence-corrected chi connectivity index (χ2v) is 7.61. The molecular formula is C24H19Cl2FN2O4. The Morgan fingerprint density at radius 2 is 1.82 bits per heavy atom. The van der Waals surface area contributed by atoms with Gasteiger partial charge in [-0.3, -0.25) is 4.79 Å². The van der Waals surface area contributed by atoms with Gasteiger partial charge in [-0.2, -0.15) is 5.10 Å². The van der Waals surface area contributed by atoms with Crippen LogP contribution < -0.4 is 14.9 Å². The van der Waals surface area contributed by atoms with Crippen molar-refractivity contribution in [1.82, 2.24) is 5.43 Å². The predicted molar refractivity (Wildman–Crippen MR) is 125 cm³/mol. The van der Waals surface area contributed by atoms with Crippen molar-refractivity contribution in [1.29, 1.82) is 0 Å². The molecule has 3 rings (SSSR count). The monoisotopic (exact) mass is 488 g/mol. The zero-order valence-electron chi connectivity index (χ0n) is 17.4. The van der Waals surface area contributed by atoms with Crippen molar-refractivity contribution in [2.75, 3.05) is 0 Å². The molecule has 1 N–H and O–H groups in total. The summed E-state index contributed by atoms with van der Waals surface area (Å²) in [6, 6.07) is 16.6. The van der Waals surface area contributed by atoms with Crippen molar-refractivity contribution in [2.45, 2.75) is 19.4 Å². The van der Waals surface area contributed by atoms with Gasteiger partial charge in [0.25, 0.3) is 5.91 Å². The molecule has 0 bridgehead atoms. The highest BCUT2D eigenvalue weighted by molar-refractivity contribution is 6.35. The molecule has 0 aliphatic rings. The maximum atomic E-state index is 13.7. The Morgan fingerprint density at radius 1 is 1.09 bits per heavy atom. The van der Waals surface area contributed by atoms with Crippen molar-refractivity contribution < 1.29 is 23.5 Å². The summed E-state index contributed by atoms with van der Waals surface area (Å²) >= 11 is 12.0. The van der Waals surface area contributed by atoms with E-state index in [-0.39, 0.29) is 11.3 Å². The normalized spacial score (nSPS) is 11.8. The molecule has 1 atom stereocenters. The molecule has 9 heteroatoms. The summed E-state index contributed by atoms with van der Waals surface area (Å²) in [6.07, 6.45) is 1.01. The van der Waals surface area contributed by atoms with Crippen LogP contribution in [0, 0.1) is 5.82 Å². The van der Waals surface area contributed by atoms with E-state index in [1.165, 1.54) is 42.6 Å². The molecule has 0 spiro atoms. The predicted octanol–water partition coefficient (Wildman–Crippen LogP) is 5.66. The first-order chi connectivity index (χ1) is 15.9. The third-order valence-electron chi connectivity index (χ3n) is 4.40. The van der Waals surface area contributed by atoms with Crippen molar-refractivity contribution in [3.05, 3.63) is 93.7 Å². The van der Waals surface area contributed by atoms with Gasteiger partial charge >= 0.3 is 5.97 Å². The number of carbonyl (C=O) groups excluding carboxylic acids is 2. The molecule has 0 heterocycles.